The molecule has 50 heteroatoms. The van der Waals surface area contributed by atoms with Gasteiger partial charge in [-0.1, -0.05) is 36.9 Å². The van der Waals surface area contributed by atoms with Gasteiger partial charge in [0.25, 0.3) is 0 Å². The quantitative estimate of drug-likeness (QED) is 0.0598. The van der Waals surface area contributed by atoms with E-state index in [0.717, 1.165) is 137 Å². The summed E-state index contributed by atoms with van der Waals surface area (Å²) >= 11 is 0. The molecule has 0 bridgehead atoms. The molecule has 0 amide bonds. The molecule has 6 heterocycles. The van der Waals surface area contributed by atoms with Crippen molar-refractivity contribution in [2.45, 2.75) is 322 Å². The first kappa shape index (κ1) is 108. The molecule has 30 atom stereocenters. The first-order valence-corrected chi connectivity index (χ1v) is 41.1. The first-order chi connectivity index (χ1) is 62.5. The molecule has 0 unspecified atom stereocenters. The van der Waals surface area contributed by atoms with E-state index in [4.69, 9.17) is 147 Å². The predicted molar refractivity (Wildman–Crippen MR) is 420 cm³/mol. The van der Waals surface area contributed by atoms with Gasteiger partial charge in [0.1, 0.15) is 107 Å². The first-order valence-electron chi connectivity index (χ1n) is 41.1. The maximum Gasteiger partial charge on any atom is 0.303 e. The molecule has 0 aliphatic carbocycles. The van der Waals surface area contributed by atoms with Crippen LogP contribution in [0.3, 0.4) is 0 Å². The van der Waals surface area contributed by atoms with Crippen LogP contribution in [0.5, 0.6) is 0 Å². The van der Waals surface area contributed by atoms with Crippen LogP contribution >= 0.6 is 0 Å². The van der Waals surface area contributed by atoms with Gasteiger partial charge in [-0.3, -0.25) is 91.1 Å². The average Bonchev–Trinajstić information content (AvgIpc) is 0.753. The Morgan fingerprint density at radius 3 is 0.556 bits per heavy atom. The summed E-state index contributed by atoms with van der Waals surface area (Å²) in [5.41, 5.74) is 1.26. The number of benzene rings is 1. The largest absolute Gasteiger partial charge is 0.463 e. The van der Waals surface area contributed by atoms with E-state index in [2.05, 4.69) is 6.58 Å². The lowest BCUT2D eigenvalue weighted by atomic mass is 9.94. The topological polar surface area (TPSA) is 610 Å². The van der Waals surface area contributed by atoms with Gasteiger partial charge in [-0.15, -0.1) is 0 Å². The normalized spacial score (nSPS) is 31.6. The Morgan fingerprint density at radius 2 is 0.376 bits per heavy atom. The average molecular weight is 1910 g/mol. The number of ether oxygens (including phenoxy) is 31. The second kappa shape index (κ2) is 50.5. The van der Waals surface area contributed by atoms with Crippen LogP contribution in [-0.4, -0.2) is 337 Å². The van der Waals surface area contributed by atoms with Crippen molar-refractivity contribution in [1.82, 2.24) is 0 Å². The summed E-state index contributed by atoms with van der Waals surface area (Å²) in [6.07, 6.45) is -61.7. The van der Waals surface area contributed by atoms with Gasteiger partial charge in [-0.2, -0.15) is 0 Å². The van der Waals surface area contributed by atoms with Crippen LogP contribution in [0, 0.1) is 0 Å². The van der Waals surface area contributed by atoms with Gasteiger partial charge in [-0.25, -0.2) is 0 Å². The molecule has 6 aliphatic heterocycles. The van der Waals surface area contributed by atoms with E-state index in [1.807, 2.05) is 0 Å². The van der Waals surface area contributed by atoms with E-state index in [0.29, 0.717) is 5.56 Å². The van der Waals surface area contributed by atoms with Crippen LogP contribution in [0.25, 0.3) is 6.08 Å². The van der Waals surface area contributed by atoms with Crippen LogP contribution in [-0.2, 0) is 245 Å². The summed E-state index contributed by atoms with van der Waals surface area (Å²) in [5, 5.41) is 0. The summed E-state index contributed by atoms with van der Waals surface area (Å²) in [7, 11) is 0. The summed E-state index contributed by atoms with van der Waals surface area (Å²) in [6, 6.07) is 6.74. The molecular weight excluding hydrogens is 1800 g/mol. The summed E-state index contributed by atoms with van der Waals surface area (Å²) in [4.78, 5) is 252. The Kier molecular flexibility index (Phi) is 41.2. The van der Waals surface area contributed by atoms with Gasteiger partial charge < -0.3 is 147 Å². The van der Waals surface area contributed by atoms with Gasteiger partial charge in [0.05, 0.1) is 6.61 Å². The highest BCUT2D eigenvalue weighted by molar-refractivity contribution is 5.73. The minimum absolute atomic E-state index is 0.274. The van der Waals surface area contributed by atoms with E-state index in [9.17, 15) is 91.1 Å². The third kappa shape index (κ3) is 32.6. The molecule has 0 N–H and O–H groups in total. The molecule has 7 rings (SSSR count). The van der Waals surface area contributed by atoms with Crippen LogP contribution in [0.15, 0.2) is 30.8 Å². The Bertz CT molecular complexity index is 4300. The number of esters is 19. The van der Waals surface area contributed by atoms with E-state index in [1.54, 1.807) is 30.3 Å². The third-order valence-corrected chi connectivity index (χ3v) is 19.3. The molecule has 0 spiro atoms. The summed E-state index contributed by atoms with van der Waals surface area (Å²) < 4.78 is 186. The molecule has 6 saturated heterocycles. The lowest BCUT2D eigenvalue weighted by Gasteiger charge is -2.52. The molecule has 0 aromatic heterocycles. The molecule has 1 aromatic rings. The van der Waals surface area contributed by atoms with Crippen LogP contribution < -0.4 is 0 Å². The van der Waals surface area contributed by atoms with Crippen molar-refractivity contribution >= 4 is 119 Å². The van der Waals surface area contributed by atoms with E-state index in [1.165, 1.54) is 0 Å². The van der Waals surface area contributed by atoms with Crippen molar-refractivity contribution in [3.63, 3.8) is 0 Å². The predicted octanol–water partition coefficient (Wildman–Crippen LogP) is -0.388. The zero-order valence-electron chi connectivity index (χ0n) is 75.8. The zero-order chi connectivity index (χ0) is 98.9. The highest BCUT2D eigenvalue weighted by Gasteiger charge is 2.65. The van der Waals surface area contributed by atoms with Gasteiger partial charge in [0.15, 0.2) is 117 Å². The second-order valence-corrected chi connectivity index (χ2v) is 30.3. The number of hydrogen-bond donors (Lipinski definition) is 0. The molecule has 0 radical (unpaired) electrons. The number of carbonyl (C=O) groups excluding carboxylic acids is 19. The standard InChI is InChI=1S/C83H108O50/c1-21-52-22-24-53(25-23-52)26-109-78-72(117-46(15)97)67(112-41(10)92)61(55(123-78)28-104-34(3)85)129-80-74(119-48(17)99)69(114-43(12)94)63(57(125-80)30-106-36(5)87)131-82-76(121-50(19)101)71(116-45(14)96)65(59(127-82)32-108-38(7)89)133-83-77(122-51(20)102)70(115-44(13)95)64(58(128-83)31-107-37(6)88)132-81-75(120-49(18)100)68(113-42(11)93)62(56(126-81)29-105-35(4)86)130-79-73(118-47(16)98)66(111-40(9)91)60(110-39(8)90)54(124-79)27-103-33(2)84/h21-25,54-83H,1,26-32H2,2-20H3/t54-,55-,56-,57-,58-,59-,60-,61-,62-,63-,64-,65-,66+,67+,68+,69+,70+,71+,72-,73-,74-,75-,76-,77-,78+,79-,80-,81-,82-,83-/m1/s1. The van der Waals surface area contributed by atoms with Crippen molar-refractivity contribution in [2.24, 2.45) is 0 Å². The smallest absolute Gasteiger partial charge is 0.303 e. The van der Waals surface area contributed by atoms with Gasteiger partial charge in [0.2, 0.25) is 0 Å². The minimum atomic E-state index is -2.43. The number of rotatable bonds is 39. The van der Waals surface area contributed by atoms with Crippen molar-refractivity contribution < 1.29 is 238 Å². The zero-order valence-corrected chi connectivity index (χ0v) is 75.8. The van der Waals surface area contributed by atoms with Crippen LogP contribution in [0.1, 0.15) is 143 Å². The maximum atomic E-state index is 13.9. The third-order valence-electron chi connectivity index (χ3n) is 19.3. The fourth-order valence-corrected chi connectivity index (χ4v) is 14.7. The molecular formula is C83H108O50. The monoisotopic (exact) mass is 1900 g/mol. The highest BCUT2D eigenvalue weighted by atomic mass is 16.8. The van der Waals surface area contributed by atoms with Gasteiger partial charge in [-0.05, 0) is 11.1 Å². The molecule has 6 aliphatic rings. The van der Waals surface area contributed by atoms with E-state index >= 15 is 0 Å². The van der Waals surface area contributed by atoms with Gasteiger partial charge >= 0.3 is 113 Å². The molecule has 133 heavy (non-hydrogen) atoms. The van der Waals surface area contributed by atoms with Crippen LogP contribution in [0.4, 0.5) is 0 Å². The number of carbonyl (C=O) groups is 19. The summed E-state index contributed by atoms with van der Waals surface area (Å²) in [5.74, 6) is -21.4. The second-order valence-electron chi connectivity index (χ2n) is 30.3. The SMILES string of the molecule is C=Cc1ccc(CO[C@H]2O[C@H](COC(C)=O)[C@@H](O[C@H]3O[C@H](COC(C)=O)[C@@H](O[C@H]4O[C@H](COC(C)=O)[C@@H](O[C@H]5O[C@H](COC(C)=O)[C@@H](O[C@H]6O[C@H](COC(C)=O)[C@@H](O[C@H]7O[C@H](COC(C)=O)[C@@H](OC(C)=O)[C@H](OC(C)=O)[C@H]7OC(C)=O)[C@H](OC(C)=O)[C@H]6OC(C)=O)[C@H](OC(C)=O)[C@H]5OC(C)=O)[C@H](OC(C)=O)[C@H]4OC(C)=O)[C@H](OC(C)=O)[C@H]3OC(C)=O)[C@H](OC(C)=O)[C@H]2OC(C)=O)cc1. The molecule has 0 saturated carbocycles. The van der Waals surface area contributed by atoms with Gasteiger partial charge in [0, 0.05) is 132 Å². The van der Waals surface area contributed by atoms with E-state index in [-0.39, 0.29) is 6.61 Å². The fraction of sp³-hybridized carbons (Fsp3) is 0.675. The lowest BCUT2D eigenvalue weighted by Crippen LogP contribution is -2.70. The number of hydrogen-bond acceptors (Lipinski definition) is 50. The van der Waals surface area contributed by atoms with Crippen LogP contribution in [0.2, 0.25) is 0 Å². The van der Waals surface area contributed by atoms with Crippen molar-refractivity contribution in [1.29, 1.82) is 0 Å². The fourth-order valence-electron chi connectivity index (χ4n) is 14.7. The summed E-state index contributed by atoms with van der Waals surface area (Å²) in [6.45, 7) is 14.7. The molecule has 6 fully saturated rings. The van der Waals surface area contributed by atoms with Crippen molar-refractivity contribution in [3.05, 3.63) is 42.0 Å². The Morgan fingerprint density at radius 1 is 0.218 bits per heavy atom. The Hall–Kier alpha value is -11.6. The lowest BCUT2D eigenvalue weighted by molar-refractivity contribution is -0.396. The molecule has 740 valence electrons. The Labute approximate surface area is 758 Å². The van der Waals surface area contributed by atoms with Crippen molar-refractivity contribution in [2.75, 3.05) is 39.6 Å². The molecule has 1 aromatic carbocycles. The minimum Gasteiger partial charge on any atom is -0.463 e. The van der Waals surface area contributed by atoms with E-state index < -0.39 is 337 Å². The molecule has 50 nitrogen and oxygen atoms in total. The highest BCUT2D eigenvalue weighted by Crippen LogP contribution is 2.43. The maximum absolute atomic E-state index is 13.9. The van der Waals surface area contributed by atoms with Crippen molar-refractivity contribution in [3.8, 4) is 0 Å². The Balaban J connectivity index is 1.37.